The fourth-order valence-electron chi connectivity index (χ4n) is 3.13. The molecule has 0 aliphatic carbocycles. The van der Waals surface area contributed by atoms with Crippen molar-refractivity contribution in [3.05, 3.63) is 12.7 Å². The highest BCUT2D eigenvalue weighted by Gasteiger charge is 2.35. The summed E-state index contributed by atoms with van der Waals surface area (Å²) in [5.74, 6) is 0. The van der Waals surface area contributed by atoms with Crippen LogP contribution in [0, 0.1) is 0 Å². The second-order valence-electron chi connectivity index (χ2n) is 6.29. The minimum atomic E-state index is 0.207. The van der Waals surface area contributed by atoms with E-state index in [-0.39, 0.29) is 5.54 Å². The second kappa shape index (κ2) is 9.54. The molecule has 118 valence electrons. The lowest BCUT2D eigenvalue weighted by Gasteiger charge is -2.46. The molecule has 0 saturated carbocycles. The summed E-state index contributed by atoms with van der Waals surface area (Å²) < 4.78 is 5.49. The van der Waals surface area contributed by atoms with Gasteiger partial charge in [-0.2, -0.15) is 0 Å². The summed E-state index contributed by atoms with van der Waals surface area (Å²) in [5, 5.41) is 3.71. The van der Waals surface area contributed by atoms with Gasteiger partial charge in [-0.15, -0.1) is 6.58 Å². The van der Waals surface area contributed by atoms with Crippen molar-refractivity contribution in [3.8, 4) is 0 Å². The average Bonchev–Trinajstić information content (AvgIpc) is 2.46. The standard InChI is InChI=1S/C17H34N2O/c1-5-7-8-9-10-11-16(18-6-2)17(3,4)19-12-14-20-15-13-19/h5,16,18H,1,6-15H2,2-4H3. The summed E-state index contributed by atoms with van der Waals surface area (Å²) in [6, 6.07) is 0.564. The monoisotopic (exact) mass is 282 g/mol. The van der Waals surface area contributed by atoms with Crippen LogP contribution in [0.4, 0.5) is 0 Å². The molecule has 0 bridgehead atoms. The van der Waals surface area contributed by atoms with Crippen LogP contribution in [0.3, 0.4) is 0 Å². The number of morpholine rings is 1. The predicted molar refractivity (Wildman–Crippen MR) is 87.2 cm³/mol. The van der Waals surface area contributed by atoms with Crippen LogP contribution in [0.5, 0.6) is 0 Å². The highest BCUT2D eigenvalue weighted by atomic mass is 16.5. The van der Waals surface area contributed by atoms with Gasteiger partial charge in [-0.25, -0.2) is 0 Å². The fraction of sp³-hybridized carbons (Fsp3) is 0.882. The number of unbranched alkanes of at least 4 members (excludes halogenated alkanes) is 3. The Morgan fingerprint density at radius 3 is 2.55 bits per heavy atom. The number of nitrogens with zero attached hydrogens (tertiary/aromatic N) is 1. The van der Waals surface area contributed by atoms with Gasteiger partial charge in [0.05, 0.1) is 13.2 Å². The largest absolute Gasteiger partial charge is 0.379 e. The van der Waals surface area contributed by atoms with Gasteiger partial charge in [0.2, 0.25) is 0 Å². The molecule has 1 unspecified atom stereocenters. The average molecular weight is 282 g/mol. The number of likely N-dealkylation sites (N-methyl/N-ethyl adjacent to an activating group) is 1. The molecule has 1 N–H and O–H groups in total. The SMILES string of the molecule is C=CCCCCCC(NCC)C(C)(C)N1CCOCC1. The number of hydrogen-bond acceptors (Lipinski definition) is 3. The first kappa shape index (κ1) is 17.7. The Kier molecular flexibility index (Phi) is 8.43. The summed E-state index contributed by atoms with van der Waals surface area (Å²) in [6.45, 7) is 15.7. The van der Waals surface area contributed by atoms with Crippen LogP contribution in [0.15, 0.2) is 12.7 Å². The van der Waals surface area contributed by atoms with E-state index in [1.807, 2.05) is 6.08 Å². The Hall–Kier alpha value is -0.380. The lowest BCUT2D eigenvalue weighted by Crippen LogP contribution is -2.60. The molecule has 1 aliphatic heterocycles. The molecule has 1 aliphatic rings. The molecule has 0 aromatic heterocycles. The smallest absolute Gasteiger partial charge is 0.0594 e. The maximum Gasteiger partial charge on any atom is 0.0594 e. The zero-order valence-electron chi connectivity index (χ0n) is 13.8. The van der Waals surface area contributed by atoms with Crippen molar-refractivity contribution in [1.82, 2.24) is 10.2 Å². The number of rotatable bonds is 10. The maximum absolute atomic E-state index is 5.49. The molecular weight excluding hydrogens is 248 g/mol. The van der Waals surface area contributed by atoms with E-state index in [2.05, 4.69) is 37.6 Å². The highest BCUT2D eigenvalue weighted by Crippen LogP contribution is 2.24. The van der Waals surface area contributed by atoms with Crippen LogP contribution >= 0.6 is 0 Å². The van der Waals surface area contributed by atoms with E-state index in [1.54, 1.807) is 0 Å². The van der Waals surface area contributed by atoms with Crippen molar-refractivity contribution < 1.29 is 4.74 Å². The Morgan fingerprint density at radius 1 is 1.25 bits per heavy atom. The Labute approximate surface area is 125 Å². The maximum atomic E-state index is 5.49. The molecule has 1 heterocycles. The van der Waals surface area contributed by atoms with Crippen LogP contribution < -0.4 is 5.32 Å². The van der Waals surface area contributed by atoms with E-state index in [1.165, 1.54) is 25.7 Å². The van der Waals surface area contributed by atoms with E-state index in [9.17, 15) is 0 Å². The molecule has 0 amide bonds. The van der Waals surface area contributed by atoms with Crippen molar-refractivity contribution in [2.24, 2.45) is 0 Å². The third-order valence-electron chi connectivity index (χ3n) is 4.53. The summed E-state index contributed by atoms with van der Waals surface area (Å²) in [7, 11) is 0. The molecule has 1 atom stereocenters. The van der Waals surface area contributed by atoms with Gasteiger partial charge in [-0.1, -0.05) is 25.8 Å². The van der Waals surface area contributed by atoms with E-state index in [0.717, 1.165) is 39.3 Å². The normalized spacial score (nSPS) is 18.9. The van der Waals surface area contributed by atoms with Crippen LogP contribution in [-0.4, -0.2) is 49.3 Å². The lowest BCUT2D eigenvalue weighted by atomic mass is 9.87. The van der Waals surface area contributed by atoms with E-state index < -0.39 is 0 Å². The number of hydrogen-bond donors (Lipinski definition) is 1. The van der Waals surface area contributed by atoms with Crippen LogP contribution in [0.25, 0.3) is 0 Å². The van der Waals surface area contributed by atoms with Crippen LogP contribution in [-0.2, 0) is 4.74 Å². The van der Waals surface area contributed by atoms with Crippen LogP contribution in [0.1, 0.15) is 52.9 Å². The van der Waals surface area contributed by atoms with Crippen molar-refractivity contribution in [2.45, 2.75) is 64.5 Å². The highest BCUT2D eigenvalue weighted by molar-refractivity contribution is 4.94. The van der Waals surface area contributed by atoms with Gasteiger partial charge in [-0.05, 0) is 39.7 Å². The zero-order valence-corrected chi connectivity index (χ0v) is 13.8. The molecule has 1 rings (SSSR count). The Balaban J connectivity index is 2.46. The quantitative estimate of drug-likeness (QED) is 0.492. The van der Waals surface area contributed by atoms with Crippen molar-refractivity contribution >= 4 is 0 Å². The fourth-order valence-corrected chi connectivity index (χ4v) is 3.13. The van der Waals surface area contributed by atoms with E-state index in [0.29, 0.717) is 6.04 Å². The first-order valence-corrected chi connectivity index (χ1v) is 8.30. The molecule has 0 aromatic rings. The number of nitrogens with one attached hydrogen (secondary N) is 1. The topological polar surface area (TPSA) is 24.5 Å². The minimum Gasteiger partial charge on any atom is -0.379 e. The Morgan fingerprint density at radius 2 is 1.95 bits per heavy atom. The van der Waals surface area contributed by atoms with Crippen molar-refractivity contribution in [3.63, 3.8) is 0 Å². The molecule has 0 radical (unpaired) electrons. The van der Waals surface area contributed by atoms with E-state index in [4.69, 9.17) is 4.74 Å². The van der Waals surface area contributed by atoms with Crippen molar-refractivity contribution in [2.75, 3.05) is 32.8 Å². The van der Waals surface area contributed by atoms with Gasteiger partial charge in [0, 0.05) is 24.7 Å². The summed E-state index contributed by atoms with van der Waals surface area (Å²) in [5.41, 5.74) is 0.207. The van der Waals surface area contributed by atoms with Crippen LogP contribution in [0.2, 0.25) is 0 Å². The zero-order chi connectivity index (χ0) is 14.8. The molecule has 3 heteroatoms. The molecule has 1 fully saturated rings. The molecular formula is C17H34N2O. The summed E-state index contributed by atoms with van der Waals surface area (Å²) >= 11 is 0. The molecule has 20 heavy (non-hydrogen) atoms. The summed E-state index contributed by atoms with van der Waals surface area (Å²) in [4.78, 5) is 2.59. The molecule has 0 aromatic carbocycles. The predicted octanol–water partition coefficient (Wildman–Crippen LogP) is 3.21. The molecule has 3 nitrogen and oxygen atoms in total. The second-order valence-corrected chi connectivity index (χ2v) is 6.29. The van der Waals surface area contributed by atoms with E-state index >= 15 is 0 Å². The lowest BCUT2D eigenvalue weighted by molar-refractivity contribution is -0.0244. The summed E-state index contributed by atoms with van der Waals surface area (Å²) in [6.07, 6.45) is 8.33. The van der Waals surface area contributed by atoms with Gasteiger partial charge < -0.3 is 10.1 Å². The first-order chi connectivity index (χ1) is 9.62. The van der Waals surface area contributed by atoms with Gasteiger partial charge in [0.25, 0.3) is 0 Å². The van der Waals surface area contributed by atoms with Gasteiger partial charge in [-0.3, -0.25) is 4.90 Å². The first-order valence-electron chi connectivity index (χ1n) is 8.30. The van der Waals surface area contributed by atoms with Gasteiger partial charge >= 0.3 is 0 Å². The third kappa shape index (κ3) is 5.55. The van der Waals surface area contributed by atoms with Gasteiger partial charge in [0.1, 0.15) is 0 Å². The number of allylic oxidation sites excluding steroid dienone is 1. The number of ether oxygens (including phenoxy) is 1. The minimum absolute atomic E-state index is 0.207. The third-order valence-corrected chi connectivity index (χ3v) is 4.53. The molecule has 1 saturated heterocycles. The van der Waals surface area contributed by atoms with Gasteiger partial charge in [0.15, 0.2) is 0 Å². The molecule has 0 spiro atoms. The Bertz CT molecular complexity index is 260. The van der Waals surface area contributed by atoms with Crippen molar-refractivity contribution in [1.29, 1.82) is 0 Å².